The van der Waals surface area contributed by atoms with Crippen LogP contribution < -0.4 is 4.90 Å². The maximum Gasteiger partial charge on any atom is 0.339 e. The molecule has 1 aliphatic rings. The van der Waals surface area contributed by atoms with E-state index >= 15 is 0 Å². The molecular weight excluding hydrogens is 344 g/mol. The number of methoxy groups -OCH3 is 1. The Morgan fingerprint density at radius 1 is 1.22 bits per heavy atom. The molecule has 1 saturated heterocycles. The molecule has 7 nitrogen and oxygen atoms in total. The predicted octanol–water partition coefficient (Wildman–Crippen LogP) is 2.42. The van der Waals surface area contributed by atoms with E-state index in [1.807, 2.05) is 30.0 Å². The second-order valence-corrected chi connectivity index (χ2v) is 6.69. The van der Waals surface area contributed by atoms with Crippen LogP contribution in [0.1, 0.15) is 45.4 Å². The minimum atomic E-state index is -0.397. The highest BCUT2D eigenvalue weighted by atomic mass is 16.5. The van der Waals surface area contributed by atoms with Gasteiger partial charge in [-0.05, 0) is 31.0 Å². The third kappa shape index (κ3) is 3.82. The van der Waals surface area contributed by atoms with Gasteiger partial charge in [0.2, 0.25) is 0 Å². The number of anilines is 1. The molecule has 3 rings (SSSR count). The lowest BCUT2D eigenvalue weighted by Crippen LogP contribution is -2.49. The fourth-order valence-corrected chi connectivity index (χ4v) is 3.58. The fourth-order valence-electron chi connectivity index (χ4n) is 3.58. The van der Waals surface area contributed by atoms with Crippen molar-refractivity contribution in [2.75, 3.05) is 38.2 Å². The van der Waals surface area contributed by atoms with Crippen LogP contribution in [-0.2, 0) is 11.2 Å². The highest BCUT2D eigenvalue weighted by Crippen LogP contribution is 2.24. The number of aromatic amines is 1. The molecule has 0 bridgehead atoms. The Kier molecular flexibility index (Phi) is 5.78. The summed E-state index contributed by atoms with van der Waals surface area (Å²) in [5.41, 5.74) is 2.45. The first-order valence-corrected chi connectivity index (χ1v) is 9.31. The summed E-state index contributed by atoms with van der Waals surface area (Å²) in [4.78, 5) is 36.8. The van der Waals surface area contributed by atoms with Crippen LogP contribution in [0.2, 0.25) is 0 Å². The Bertz CT molecular complexity index is 808. The molecule has 1 N–H and O–H groups in total. The molecule has 0 aromatic carbocycles. The average Bonchev–Trinajstić information content (AvgIpc) is 3.04. The summed E-state index contributed by atoms with van der Waals surface area (Å²) in [5, 5.41) is 0. The van der Waals surface area contributed by atoms with Gasteiger partial charge in [-0.2, -0.15) is 0 Å². The van der Waals surface area contributed by atoms with E-state index < -0.39 is 5.97 Å². The maximum absolute atomic E-state index is 13.1. The van der Waals surface area contributed by atoms with Crippen LogP contribution in [0.15, 0.2) is 24.4 Å². The molecule has 1 aliphatic heterocycles. The third-order valence-corrected chi connectivity index (χ3v) is 4.93. The molecule has 144 valence electrons. The van der Waals surface area contributed by atoms with Crippen molar-refractivity contribution < 1.29 is 14.3 Å². The van der Waals surface area contributed by atoms with E-state index in [4.69, 9.17) is 4.74 Å². The van der Waals surface area contributed by atoms with Crippen molar-refractivity contribution in [2.45, 2.75) is 26.7 Å². The van der Waals surface area contributed by atoms with Gasteiger partial charge in [0.15, 0.2) is 0 Å². The van der Waals surface area contributed by atoms with E-state index in [1.54, 1.807) is 13.1 Å². The number of carbonyl (C=O) groups is 2. The van der Waals surface area contributed by atoms with Gasteiger partial charge in [-0.3, -0.25) is 4.79 Å². The molecule has 1 amide bonds. The summed E-state index contributed by atoms with van der Waals surface area (Å²) < 4.78 is 4.91. The number of amides is 1. The summed E-state index contributed by atoms with van der Waals surface area (Å²) in [6, 6.07) is 5.84. The van der Waals surface area contributed by atoms with E-state index in [2.05, 4.69) is 14.9 Å². The Morgan fingerprint density at radius 3 is 2.56 bits per heavy atom. The smallest absolute Gasteiger partial charge is 0.339 e. The SMILES string of the molecule is CCCc1c(C(=O)N2CCN(c3ccccn3)CC2)[nH]c(C)c1C(=O)OC. The zero-order chi connectivity index (χ0) is 19.4. The molecule has 2 aromatic rings. The Morgan fingerprint density at radius 2 is 1.96 bits per heavy atom. The molecule has 3 heterocycles. The number of pyridine rings is 1. The van der Waals surface area contributed by atoms with Crippen molar-refractivity contribution in [3.8, 4) is 0 Å². The van der Waals surface area contributed by atoms with E-state index in [0.29, 0.717) is 36.5 Å². The summed E-state index contributed by atoms with van der Waals surface area (Å²) in [6.07, 6.45) is 3.28. The second-order valence-electron chi connectivity index (χ2n) is 6.69. The van der Waals surface area contributed by atoms with Crippen molar-refractivity contribution >= 4 is 17.7 Å². The molecule has 0 unspecified atom stereocenters. The van der Waals surface area contributed by atoms with Gasteiger partial charge in [0.1, 0.15) is 11.5 Å². The molecule has 0 atom stereocenters. The number of carbonyl (C=O) groups excluding carboxylic acids is 2. The first-order chi connectivity index (χ1) is 13.1. The number of hydrogen-bond donors (Lipinski definition) is 1. The standard InChI is InChI=1S/C20H26N4O3/c1-4-7-15-17(20(26)27-3)14(2)22-18(15)19(25)24-12-10-23(11-13-24)16-8-5-6-9-21-16/h5-6,8-9,22H,4,7,10-13H2,1-3H3. The van der Waals surface area contributed by atoms with Crippen LogP contribution in [0.3, 0.4) is 0 Å². The number of aromatic nitrogens is 2. The van der Waals surface area contributed by atoms with Crippen LogP contribution in [0.25, 0.3) is 0 Å². The van der Waals surface area contributed by atoms with Crippen LogP contribution >= 0.6 is 0 Å². The van der Waals surface area contributed by atoms with E-state index in [-0.39, 0.29) is 5.91 Å². The molecule has 7 heteroatoms. The van der Waals surface area contributed by atoms with Crippen LogP contribution in [0.5, 0.6) is 0 Å². The summed E-state index contributed by atoms with van der Waals surface area (Å²) in [6.45, 7) is 6.54. The monoisotopic (exact) mass is 370 g/mol. The zero-order valence-corrected chi connectivity index (χ0v) is 16.1. The highest BCUT2D eigenvalue weighted by molar-refractivity contribution is 6.00. The van der Waals surface area contributed by atoms with Crippen molar-refractivity contribution in [3.63, 3.8) is 0 Å². The first kappa shape index (κ1) is 18.9. The number of H-pyrrole nitrogens is 1. The molecule has 0 aliphatic carbocycles. The Balaban J connectivity index is 1.78. The average molecular weight is 370 g/mol. The van der Waals surface area contributed by atoms with Gasteiger partial charge < -0.3 is 19.5 Å². The number of rotatable bonds is 5. The lowest BCUT2D eigenvalue weighted by Gasteiger charge is -2.35. The number of hydrogen-bond acceptors (Lipinski definition) is 5. The van der Waals surface area contributed by atoms with Gasteiger partial charge in [-0.25, -0.2) is 9.78 Å². The molecule has 2 aromatic heterocycles. The minimum Gasteiger partial charge on any atom is -0.465 e. The van der Waals surface area contributed by atoms with Crippen molar-refractivity contribution in [1.82, 2.24) is 14.9 Å². The predicted molar refractivity (Wildman–Crippen MR) is 103 cm³/mol. The normalized spacial score (nSPS) is 14.3. The molecular formula is C20H26N4O3. The van der Waals surface area contributed by atoms with Gasteiger partial charge in [0.05, 0.1) is 12.7 Å². The largest absolute Gasteiger partial charge is 0.465 e. The number of piperazine rings is 1. The highest BCUT2D eigenvalue weighted by Gasteiger charge is 2.29. The number of ether oxygens (including phenoxy) is 1. The molecule has 0 radical (unpaired) electrons. The first-order valence-electron chi connectivity index (χ1n) is 9.31. The molecule has 1 fully saturated rings. The minimum absolute atomic E-state index is 0.0580. The molecule has 0 saturated carbocycles. The quantitative estimate of drug-likeness (QED) is 0.818. The van der Waals surface area contributed by atoms with E-state index in [9.17, 15) is 9.59 Å². The number of nitrogens with one attached hydrogen (secondary N) is 1. The lowest BCUT2D eigenvalue weighted by molar-refractivity contribution is 0.0599. The van der Waals surface area contributed by atoms with E-state index in [0.717, 1.165) is 30.9 Å². The van der Waals surface area contributed by atoms with Crippen LogP contribution in [-0.4, -0.2) is 60.0 Å². The van der Waals surface area contributed by atoms with Crippen molar-refractivity contribution in [1.29, 1.82) is 0 Å². The van der Waals surface area contributed by atoms with Crippen molar-refractivity contribution in [3.05, 3.63) is 46.9 Å². The molecule has 27 heavy (non-hydrogen) atoms. The lowest BCUT2D eigenvalue weighted by atomic mass is 10.0. The second kappa shape index (κ2) is 8.24. The Labute approximate surface area is 159 Å². The fraction of sp³-hybridized carbons (Fsp3) is 0.450. The maximum atomic E-state index is 13.1. The topological polar surface area (TPSA) is 78.5 Å². The number of nitrogens with zero attached hydrogens (tertiary/aromatic N) is 3. The van der Waals surface area contributed by atoms with Crippen molar-refractivity contribution in [2.24, 2.45) is 0 Å². The zero-order valence-electron chi connectivity index (χ0n) is 16.1. The van der Waals surface area contributed by atoms with Gasteiger partial charge >= 0.3 is 5.97 Å². The van der Waals surface area contributed by atoms with Gasteiger partial charge in [-0.15, -0.1) is 0 Å². The Hall–Kier alpha value is -2.83. The van der Waals surface area contributed by atoms with Gasteiger partial charge in [0.25, 0.3) is 5.91 Å². The number of aryl methyl sites for hydroxylation is 1. The third-order valence-electron chi connectivity index (χ3n) is 4.93. The van der Waals surface area contributed by atoms with Crippen LogP contribution in [0.4, 0.5) is 5.82 Å². The summed E-state index contributed by atoms with van der Waals surface area (Å²) in [5.74, 6) is 0.476. The van der Waals surface area contributed by atoms with E-state index in [1.165, 1.54) is 7.11 Å². The molecule has 0 spiro atoms. The van der Waals surface area contributed by atoms with Crippen LogP contribution in [0, 0.1) is 6.92 Å². The number of esters is 1. The summed E-state index contributed by atoms with van der Waals surface area (Å²) >= 11 is 0. The summed E-state index contributed by atoms with van der Waals surface area (Å²) in [7, 11) is 1.36. The van der Waals surface area contributed by atoms with Gasteiger partial charge in [-0.1, -0.05) is 19.4 Å². The van der Waals surface area contributed by atoms with Gasteiger partial charge in [0, 0.05) is 38.1 Å².